The molecule has 0 radical (unpaired) electrons. The molecule has 0 atom stereocenters. The number of unbranched alkanes of at least 4 members (excludes halogenated alkanes) is 1. The fraction of sp³-hybridized carbons (Fsp3) is 0.389. The smallest absolute Gasteiger partial charge is 0.330 e. The Kier molecular flexibility index (Phi) is 5.38. The molecule has 0 aliphatic heterocycles. The Hall–Kier alpha value is -2.97. The molecule has 0 saturated carbocycles. The van der Waals surface area contributed by atoms with Crippen LogP contribution in [0.25, 0.3) is 11.2 Å². The second-order valence-electron chi connectivity index (χ2n) is 6.07. The standard InChI is InChI=1S/C18H20F2N4O3/c1-3-5-8-24-16-15(17(25)22-18(24)26)23(4-2)14(21-16)10-27-13-7-6-11(19)9-12(13)20/h6-7,9H,3-5,8,10H2,1-2H3,(H,22,25,26). The van der Waals surface area contributed by atoms with Gasteiger partial charge in [-0.05, 0) is 25.5 Å². The maximum atomic E-state index is 13.8. The van der Waals surface area contributed by atoms with Crippen LogP contribution in [0.1, 0.15) is 32.5 Å². The van der Waals surface area contributed by atoms with Crippen LogP contribution >= 0.6 is 0 Å². The van der Waals surface area contributed by atoms with Crippen molar-refractivity contribution >= 4 is 11.2 Å². The van der Waals surface area contributed by atoms with Crippen molar-refractivity contribution in [2.45, 2.75) is 46.4 Å². The van der Waals surface area contributed by atoms with Gasteiger partial charge in [-0.25, -0.2) is 18.6 Å². The number of benzene rings is 1. The summed E-state index contributed by atoms with van der Waals surface area (Å²) in [4.78, 5) is 31.2. The van der Waals surface area contributed by atoms with Crippen LogP contribution in [0.4, 0.5) is 8.78 Å². The van der Waals surface area contributed by atoms with E-state index in [0.29, 0.717) is 18.9 Å². The zero-order valence-electron chi connectivity index (χ0n) is 15.1. The highest BCUT2D eigenvalue weighted by molar-refractivity contribution is 5.70. The number of H-pyrrole nitrogens is 1. The highest BCUT2D eigenvalue weighted by atomic mass is 19.1. The summed E-state index contributed by atoms with van der Waals surface area (Å²) in [6.07, 6.45) is 1.63. The summed E-state index contributed by atoms with van der Waals surface area (Å²) in [6, 6.07) is 3.01. The van der Waals surface area contributed by atoms with E-state index in [-0.39, 0.29) is 23.5 Å². The van der Waals surface area contributed by atoms with Gasteiger partial charge >= 0.3 is 5.69 Å². The molecule has 0 bridgehead atoms. The first-order valence-electron chi connectivity index (χ1n) is 8.76. The van der Waals surface area contributed by atoms with Crippen LogP contribution in [-0.2, 0) is 19.7 Å². The number of hydrogen-bond donors (Lipinski definition) is 1. The lowest BCUT2D eigenvalue weighted by molar-refractivity contribution is 0.275. The second-order valence-corrected chi connectivity index (χ2v) is 6.07. The number of aryl methyl sites for hydroxylation is 2. The fourth-order valence-electron chi connectivity index (χ4n) is 2.93. The molecule has 9 heteroatoms. The number of nitrogens with zero attached hydrogens (tertiary/aromatic N) is 3. The molecule has 3 aromatic rings. The van der Waals surface area contributed by atoms with E-state index in [2.05, 4.69) is 9.97 Å². The van der Waals surface area contributed by atoms with E-state index >= 15 is 0 Å². The van der Waals surface area contributed by atoms with Gasteiger partial charge in [0.05, 0.1) is 0 Å². The van der Waals surface area contributed by atoms with Gasteiger partial charge in [-0.1, -0.05) is 13.3 Å². The lowest BCUT2D eigenvalue weighted by Gasteiger charge is -2.08. The van der Waals surface area contributed by atoms with Crippen LogP contribution in [0.15, 0.2) is 27.8 Å². The molecule has 0 fully saturated rings. The summed E-state index contributed by atoms with van der Waals surface area (Å²) in [5.41, 5.74) is -0.501. The maximum absolute atomic E-state index is 13.8. The third-order valence-corrected chi connectivity index (χ3v) is 4.27. The number of ether oxygens (including phenoxy) is 1. The highest BCUT2D eigenvalue weighted by Gasteiger charge is 2.18. The number of nitrogens with one attached hydrogen (secondary N) is 1. The van der Waals surface area contributed by atoms with Gasteiger partial charge in [0.1, 0.15) is 18.2 Å². The number of aromatic nitrogens is 4. The largest absolute Gasteiger partial charge is 0.483 e. The van der Waals surface area contributed by atoms with Crippen LogP contribution in [-0.4, -0.2) is 19.1 Å². The molecule has 1 N–H and O–H groups in total. The maximum Gasteiger partial charge on any atom is 0.330 e. The number of fused-ring (bicyclic) bond motifs is 1. The van der Waals surface area contributed by atoms with Crippen molar-refractivity contribution in [3.8, 4) is 5.75 Å². The number of halogens is 2. The Morgan fingerprint density at radius 1 is 1.19 bits per heavy atom. The normalized spacial score (nSPS) is 11.3. The van der Waals surface area contributed by atoms with Crippen molar-refractivity contribution in [3.05, 3.63) is 56.5 Å². The Labute approximate surface area is 153 Å². The minimum atomic E-state index is -0.827. The van der Waals surface area contributed by atoms with E-state index in [0.717, 1.165) is 25.0 Å². The van der Waals surface area contributed by atoms with Gasteiger partial charge in [-0.2, -0.15) is 0 Å². The lowest BCUT2D eigenvalue weighted by Crippen LogP contribution is -2.31. The van der Waals surface area contributed by atoms with E-state index in [4.69, 9.17) is 4.74 Å². The second kappa shape index (κ2) is 7.73. The van der Waals surface area contributed by atoms with Crippen LogP contribution in [0.2, 0.25) is 0 Å². The van der Waals surface area contributed by atoms with Crippen LogP contribution in [0.3, 0.4) is 0 Å². The van der Waals surface area contributed by atoms with E-state index in [1.54, 1.807) is 4.57 Å². The Morgan fingerprint density at radius 2 is 1.96 bits per heavy atom. The molecule has 27 heavy (non-hydrogen) atoms. The molecule has 0 saturated heterocycles. The Morgan fingerprint density at radius 3 is 2.63 bits per heavy atom. The first kappa shape index (κ1) is 18.8. The number of hydrogen-bond acceptors (Lipinski definition) is 4. The zero-order valence-corrected chi connectivity index (χ0v) is 15.1. The summed E-state index contributed by atoms with van der Waals surface area (Å²) < 4.78 is 35.2. The van der Waals surface area contributed by atoms with Gasteiger partial charge in [0.25, 0.3) is 5.56 Å². The minimum Gasteiger partial charge on any atom is -0.483 e. The van der Waals surface area contributed by atoms with Crippen molar-refractivity contribution in [3.63, 3.8) is 0 Å². The van der Waals surface area contributed by atoms with Crippen LogP contribution in [0, 0.1) is 11.6 Å². The molecular weight excluding hydrogens is 358 g/mol. The van der Waals surface area contributed by atoms with Gasteiger partial charge in [0, 0.05) is 19.2 Å². The summed E-state index contributed by atoms with van der Waals surface area (Å²) in [7, 11) is 0. The average Bonchev–Trinajstić information content (AvgIpc) is 2.99. The van der Waals surface area contributed by atoms with Gasteiger partial charge in [0.15, 0.2) is 22.7 Å². The third-order valence-electron chi connectivity index (χ3n) is 4.27. The molecule has 0 aliphatic carbocycles. The van der Waals surface area contributed by atoms with Crippen molar-refractivity contribution in [2.75, 3.05) is 0 Å². The highest BCUT2D eigenvalue weighted by Crippen LogP contribution is 2.20. The minimum absolute atomic E-state index is 0.122. The Balaban J connectivity index is 2.03. The van der Waals surface area contributed by atoms with Gasteiger partial charge in [-0.3, -0.25) is 14.3 Å². The number of rotatable bonds is 7. The van der Waals surface area contributed by atoms with Crippen molar-refractivity contribution in [1.82, 2.24) is 19.1 Å². The predicted molar refractivity (Wildman–Crippen MR) is 95.9 cm³/mol. The third kappa shape index (κ3) is 3.62. The van der Waals surface area contributed by atoms with Gasteiger partial charge < -0.3 is 9.30 Å². The molecule has 0 unspecified atom stereocenters. The monoisotopic (exact) mass is 378 g/mol. The first-order valence-corrected chi connectivity index (χ1v) is 8.76. The summed E-state index contributed by atoms with van der Waals surface area (Å²) in [5, 5.41) is 0. The van der Waals surface area contributed by atoms with E-state index in [1.165, 1.54) is 10.6 Å². The molecule has 1 aromatic carbocycles. The molecule has 2 aromatic heterocycles. The molecule has 0 amide bonds. The van der Waals surface area contributed by atoms with Gasteiger partial charge in [0.2, 0.25) is 0 Å². The number of aromatic amines is 1. The molecule has 2 heterocycles. The molecule has 0 aliphatic rings. The van der Waals surface area contributed by atoms with E-state index in [9.17, 15) is 18.4 Å². The van der Waals surface area contributed by atoms with E-state index < -0.39 is 22.9 Å². The molecule has 3 rings (SSSR count). The van der Waals surface area contributed by atoms with Crippen LogP contribution < -0.4 is 16.0 Å². The zero-order chi connectivity index (χ0) is 19.6. The lowest BCUT2D eigenvalue weighted by atomic mass is 10.3. The predicted octanol–water partition coefficient (Wildman–Crippen LogP) is 2.56. The summed E-state index contributed by atoms with van der Waals surface area (Å²) >= 11 is 0. The van der Waals surface area contributed by atoms with E-state index in [1.807, 2.05) is 13.8 Å². The Bertz CT molecular complexity index is 1080. The molecular formula is C18H20F2N4O3. The SMILES string of the molecule is CCCCn1c(=O)[nH]c(=O)c2c1nc(COc1ccc(F)cc1F)n2CC. The topological polar surface area (TPSA) is 81.9 Å². The fourth-order valence-corrected chi connectivity index (χ4v) is 2.93. The molecule has 0 spiro atoms. The molecule has 144 valence electrons. The summed E-state index contributed by atoms with van der Waals surface area (Å²) in [6.45, 7) is 4.53. The van der Waals surface area contributed by atoms with Crippen LogP contribution in [0.5, 0.6) is 5.75 Å². The average molecular weight is 378 g/mol. The molecule has 7 nitrogen and oxygen atoms in total. The van der Waals surface area contributed by atoms with Gasteiger partial charge in [-0.15, -0.1) is 0 Å². The number of imidazole rings is 1. The van der Waals surface area contributed by atoms with Crippen molar-refractivity contribution in [2.24, 2.45) is 0 Å². The first-order chi connectivity index (χ1) is 13.0. The van der Waals surface area contributed by atoms with Crippen molar-refractivity contribution in [1.29, 1.82) is 0 Å². The quantitative estimate of drug-likeness (QED) is 0.685. The van der Waals surface area contributed by atoms with Crippen molar-refractivity contribution < 1.29 is 13.5 Å². The summed E-state index contributed by atoms with van der Waals surface area (Å²) in [5.74, 6) is -1.28.